The maximum atomic E-state index is 13.5. The average Bonchev–Trinajstić information content (AvgIpc) is 3.31. The highest BCUT2D eigenvalue weighted by atomic mass is 79.9. The van der Waals surface area contributed by atoms with Gasteiger partial charge in [-0.25, -0.2) is 5.01 Å². The molecule has 154 valence electrons. The summed E-state index contributed by atoms with van der Waals surface area (Å²) in [6.07, 6.45) is 0.700. The monoisotopic (exact) mass is 473 g/mol. The summed E-state index contributed by atoms with van der Waals surface area (Å²) < 4.78 is 7.51. The van der Waals surface area contributed by atoms with Crippen molar-refractivity contribution in [2.24, 2.45) is 5.10 Å². The summed E-state index contributed by atoms with van der Waals surface area (Å²) in [6.45, 7) is 4.09. The molecule has 0 fully saturated rings. The first-order valence-corrected chi connectivity index (χ1v) is 11.1. The van der Waals surface area contributed by atoms with E-state index < -0.39 is 5.72 Å². The van der Waals surface area contributed by atoms with Gasteiger partial charge in [0.25, 0.3) is 5.91 Å². The predicted molar refractivity (Wildman–Crippen MR) is 123 cm³/mol. The molecule has 1 spiro atoms. The van der Waals surface area contributed by atoms with Gasteiger partial charge in [0.2, 0.25) is 0 Å². The number of anilines is 1. The molecule has 2 atom stereocenters. The largest absolute Gasteiger partial charge is 0.453 e. The number of hydrogen-bond acceptors (Lipinski definition) is 4. The van der Waals surface area contributed by atoms with E-state index in [0.29, 0.717) is 12.2 Å². The molecule has 3 aliphatic rings. The van der Waals surface area contributed by atoms with Crippen molar-refractivity contribution in [2.75, 3.05) is 5.32 Å². The van der Waals surface area contributed by atoms with E-state index in [1.54, 1.807) is 0 Å². The minimum Gasteiger partial charge on any atom is -0.453 e. The van der Waals surface area contributed by atoms with Crippen LogP contribution >= 0.6 is 15.9 Å². The maximum absolute atomic E-state index is 13.5. The van der Waals surface area contributed by atoms with Crippen LogP contribution in [0.15, 0.2) is 70.2 Å². The first-order chi connectivity index (χ1) is 15.0. The molecule has 0 radical (unpaired) electrons. The highest BCUT2D eigenvalue weighted by Crippen LogP contribution is 2.54. The number of carbonyl (C=O) groups excluding carboxylic acids is 1. The third-order valence-corrected chi connectivity index (χ3v) is 6.80. The summed E-state index contributed by atoms with van der Waals surface area (Å²) in [5.41, 5.74) is 5.58. The van der Waals surface area contributed by atoms with Gasteiger partial charge >= 0.3 is 5.72 Å². The molecule has 0 aromatic heterocycles. The zero-order valence-corrected chi connectivity index (χ0v) is 18.7. The predicted octanol–water partition coefficient (Wildman–Crippen LogP) is 5.41. The van der Waals surface area contributed by atoms with Gasteiger partial charge in [-0.05, 0) is 49.7 Å². The molecule has 0 bridgehead atoms. The minimum atomic E-state index is -1.32. The topological polar surface area (TPSA) is 53.9 Å². The van der Waals surface area contributed by atoms with Gasteiger partial charge in [-0.2, -0.15) is 5.10 Å². The average molecular weight is 474 g/mol. The lowest BCUT2D eigenvalue weighted by atomic mass is 9.92. The third kappa shape index (κ3) is 2.61. The molecule has 3 heterocycles. The first kappa shape index (κ1) is 18.6. The van der Waals surface area contributed by atoms with Crippen molar-refractivity contribution >= 4 is 33.2 Å². The molecule has 3 aliphatic heterocycles. The number of hydrazone groups is 1. The summed E-state index contributed by atoms with van der Waals surface area (Å²) in [6, 6.07) is 20.2. The van der Waals surface area contributed by atoms with Crippen LogP contribution in [0.2, 0.25) is 0 Å². The highest BCUT2D eigenvalue weighted by molar-refractivity contribution is 9.10. The molecule has 6 heteroatoms. The number of halogens is 1. The highest BCUT2D eigenvalue weighted by Gasteiger charge is 2.60. The fourth-order valence-electron chi connectivity index (χ4n) is 4.75. The molecule has 1 amide bonds. The smallest absolute Gasteiger partial charge is 0.306 e. The number of rotatable bonds is 1. The number of aryl methyl sites for hydroxylation is 2. The summed E-state index contributed by atoms with van der Waals surface area (Å²) in [4.78, 5) is 13.5. The first-order valence-electron chi connectivity index (χ1n) is 10.3. The molecule has 3 aromatic carbocycles. The van der Waals surface area contributed by atoms with E-state index in [1.807, 2.05) is 42.3 Å². The molecular weight excluding hydrogens is 454 g/mol. The second-order valence-electron chi connectivity index (χ2n) is 8.41. The summed E-state index contributed by atoms with van der Waals surface area (Å²) in [7, 11) is 0. The fourth-order valence-corrected chi connectivity index (χ4v) is 5.13. The molecular formula is C25H20BrN3O2. The normalized spacial score (nSPS) is 23.1. The Bertz CT molecular complexity index is 1280. The molecule has 0 saturated heterocycles. The van der Waals surface area contributed by atoms with Gasteiger partial charge in [0.1, 0.15) is 5.75 Å². The lowest BCUT2D eigenvalue weighted by molar-refractivity contribution is -0.161. The van der Waals surface area contributed by atoms with Crippen molar-refractivity contribution in [3.8, 4) is 5.75 Å². The van der Waals surface area contributed by atoms with E-state index in [0.717, 1.165) is 38.1 Å². The lowest BCUT2D eigenvalue weighted by Gasteiger charge is -2.44. The van der Waals surface area contributed by atoms with Crippen LogP contribution in [0.25, 0.3) is 0 Å². The Morgan fingerprint density at radius 1 is 1.06 bits per heavy atom. The van der Waals surface area contributed by atoms with Crippen molar-refractivity contribution < 1.29 is 9.53 Å². The van der Waals surface area contributed by atoms with Crippen LogP contribution in [0.1, 0.15) is 40.3 Å². The van der Waals surface area contributed by atoms with Crippen molar-refractivity contribution in [2.45, 2.75) is 32.0 Å². The second-order valence-corrected chi connectivity index (χ2v) is 9.32. The molecule has 3 aromatic rings. The van der Waals surface area contributed by atoms with Gasteiger partial charge in [0.05, 0.1) is 23.0 Å². The standard InChI is InChI=1S/C25H20BrN3O2/c1-14-3-6-16(7-4-14)21-13-22-18-12-17(26)8-10-23(18)31-25(29(22)28-21)19-11-15(2)5-9-20(19)27-24(25)30/h3-12,22H,13H2,1-2H3,(H,27,30). The number of nitrogens with zero attached hydrogens (tertiary/aromatic N) is 2. The van der Waals surface area contributed by atoms with Crippen LogP contribution in [-0.4, -0.2) is 16.6 Å². The van der Waals surface area contributed by atoms with Crippen molar-refractivity contribution in [3.63, 3.8) is 0 Å². The summed E-state index contributed by atoms with van der Waals surface area (Å²) in [5, 5.41) is 9.89. The van der Waals surface area contributed by atoms with Crippen molar-refractivity contribution in [1.29, 1.82) is 0 Å². The Balaban J connectivity index is 1.58. The Hall–Kier alpha value is -3.12. The molecule has 0 saturated carbocycles. The van der Waals surface area contributed by atoms with Gasteiger partial charge in [0.15, 0.2) is 0 Å². The summed E-state index contributed by atoms with van der Waals surface area (Å²) >= 11 is 3.59. The van der Waals surface area contributed by atoms with E-state index >= 15 is 0 Å². The van der Waals surface area contributed by atoms with Gasteiger partial charge in [0, 0.05) is 16.5 Å². The lowest BCUT2D eigenvalue weighted by Crippen LogP contribution is -2.55. The van der Waals surface area contributed by atoms with Gasteiger partial charge in [-0.15, -0.1) is 0 Å². The van der Waals surface area contributed by atoms with Crippen molar-refractivity contribution in [1.82, 2.24) is 5.01 Å². The Kier molecular flexibility index (Phi) is 3.87. The number of fused-ring (bicyclic) bond motifs is 6. The van der Waals surface area contributed by atoms with Crippen LogP contribution in [0.3, 0.4) is 0 Å². The van der Waals surface area contributed by atoms with Crippen LogP contribution in [0.4, 0.5) is 5.69 Å². The Morgan fingerprint density at radius 3 is 2.65 bits per heavy atom. The van der Waals surface area contributed by atoms with Crippen LogP contribution < -0.4 is 10.1 Å². The van der Waals surface area contributed by atoms with Crippen molar-refractivity contribution in [3.05, 3.63) is 93.0 Å². The third-order valence-electron chi connectivity index (χ3n) is 6.30. The Morgan fingerprint density at radius 2 is 1.84 bits per heavy atom. The SMILES string of the molecule is Cc1ccc(C2=NN3C(C2)c2cc(Br)ccc2OC32C(=O)Nc3ccc(C)cc32)cc1. The fraction of sp³-hybridized carbons (Fsp3) is 0.200. The van der Waals surface area contributed by atoms with E-state index in [2.05, 4.69) is 58.5 Å². The number of hydrogen-bond donors (Lipinski definition) is 1. The van der Waals surface area contributed by atoms with Gasteiger partial charge < -0.3 is 10.1 Å². The Labute approximate surface area is 188 Å². The van der Waals surface area contributed by atoms with E-state index in [1.165, 1.54) is 5.56 Å². The number of nitrogens with one attached hydrogen (secondary N) is 1. The molecule has 6 rings (SSSR count). The van der Waals surface area contributed by atoms with Crippen LogP contribution in [-0.2, 0) is 10.5 Å². The second kappa shape index (κ2) is 6.44. The summed E-state index contributed by atoms with van der Waals surface area (Å²) in [5.74, 6) is 0.509. The zero-order chi connectivity index (χ0) is 21.3. The van der Waals surface area contributed by atoms with Gasteiger partial charge in [-0.1, -0.05) is 57.4 Å². The number of benzene rings is 3. The quantitative estimate of drug-likeness (QED) is 0.513. The molecule has 0 aliphatic carbocycles. The van der Waals surface area contributed by atoms with E-state index in [-0.39, 0.29) is 11.9 Å². The molecule has 5 nitrogen and oxygen atoms in total. The number of carbonyl (C=O) groups is 1. The van der Waals surface area contributed by atoms with Gasteiger partial charge in [-0.3, -0.25) is 4.79 Å². The molecule has 1 N–H and O–H groups in total. The maximum Gasteiger partial charge on any atom is 0.306 e. The van der Waals surface area contributed by atoms with E-state index in [9.17, 15) is 4.79 Å². The minimum absolute atomic E-state index is 0.102. The number of amides is 1. The number of ether oxygens (including phenoxy) is 1. The van der Waals surface area contributed by atoms with Crippen LogP contribution in [0, 0.1) is 13.8 Å². The molecule has 2 unspecified atom stereocenters. The molecule has 31 heavy (non-hydrogen) atoms. The van der Waals surface area contributed by atoms with E-state index in [4.69, 9.17) is 9.84 Å². The zero-order valence-electron chi connectivity index (χ0n) is 17.1. The van der Waals surface area contributed by atoms with Crippen LogP contribution in [0.5, 0.6) is 5.75 Å².